The van der Waals surface area contributed by atoms with E-state index in [2.05, 4.69) is 18.8 Å². The summed E-state index contributed by atoms with van der Waals surface area (Å²) >= 11 is 6.96. The molecule has 0 aliphatic carbocycles. The Balaban J connectivity index is 2.09. The number of thioether (sulfide) groups is 1. The molecule has 8 heteroatoms. The Labute approximate surface area is 151 Å². The van der Waals surface area contributed by atoms with Gasteiger partial charge in [-0.05, 0) is 17.5 Å². The lowest BCUT2D eigenvalue weighted by molar-refractivity contribution is -0.115. The maximum Gasteiger partial charge on any atom is 0.262 e. The number of amides is 1. The summed E-state index contributed by atoms with van der Waals surface area (Å²) in [6.45, 7) is 4.18. The highest BCUT2D eigenvalue weighted by Crippen LogP contribution is 2.43. The summed E-state index contributed by atoms with van der Waals surface area (Å²) < 4.78 is 24.1. The number of carbonyl (C=O) groups excluding carboxylic acids is 1. The Morgan fingerprint density at radius 1 is 1.38 bits per heavy atom. The number of aliphatic imine (C=N–C) groups is 1. The zero-order chi connectivity index (χ0) is 17.5. The van der Waals surface area contributed by atoms with Crippen LogP contribution in [0.2, 0.25) is 0 Å². The number of carbonyl (C=O) groups is 1. The number of hydrogen-bond donors (Lipinski definition) is 0. The van der Waals surface area contributed by atoms with E-state index in [9.17, 15) is 13.2 Å². The van der Waals surface area contributed by atoms with Crippen molar-refractivity contribution in [2.45, 2.75) is 31.1 Å². The Hall–Kier alpha value is -1.05. The Kier molecular flexibility index (Phi) is 4.95. The molecule has 2 aliphatic heterocycles. The van der Waals surface area contributed by atoms with E-state index in [0.717, 1.165) is 11.3 Å². The van der Waals surface area contributed by atoms with Crippen molar-refractivity contribution in [1.29, 1.82) is 0 Å². The quantitative estimate of drug-likeness (QED) is 0.747. The number of fused-ring (bicyclic) bond motifs is 1. The van der Waals surface area contributed by atoms with Crippen LogP contribution in [-0.4, -0.2) is 48.2 Å². The molecular weight excluding hydrogens is 368 g/mol. The fourth-order valence-corrected chi connectivity index (χ4v) is 7.16. The molecule has 1 aromatic carbocycles. The van der Waals surface area contributed by atoms with E-state index in [-0.39, 0.29) is 34.6 Å². The molecule has 1 amide bonds. The predicted octanol–water partition coefficient (Wildman–Crippen LogP) is 2.65. The van der Waals surface area contributed by atoms with Crippen LogP contribution in [0.5, 0.6) is 0 Å². The van der Waals surface area contributed by atoms with Gasteiger partial charge in [0.2, 0.25) is 0 Å². The summed E-state index contributed by atoms with van der Waals surface area (Å²) in [6.07, 6.45) is 0. The Bertz CT molecular complexity index is 792. The lowest BCUT2D eigenvalue weighted by Gasteiger charge is -2.28. The largest absolute Gasteiger partial charge is 0.315 e. The molecule has 2 heterocycles. The smallest absolute Gasteiger partial charge is 0.262 e. The van der Waals surface area contributed by atoms with Gasteiger partial charge in [0.05, 0.1) is 17.5 Å². The summed E-state index contributed by atoms with van der Waals surface area (Å²) in [5, 5.41) is 0.454. The van der Waals surface area contributed by atoms with Crippen molar-refractivity contribution in [3.8, 4) is 0 Å². The van der Waals surface area contributed by atoms with Crippen LogP contribution in [-0.2, 0) is 14.6 Å². The first kappa shape index (κ1) is 17.8. The molecule has 5 nitrogen and oxygen atoms in total. The van der Waals surface area contributed by atoms with E-state index < -0.39 is 15.7 Å². The van der Waals surface area contributed by atoms with Crippen LogP contribution in [0.1, 0.15) is 25.3 Å². The van der Waals surface area contributed by atoms with Crippen molar-refractivity contribution < 1.29 is 13.2 Å². The van der Waals surface area contributed by atoms with Gasteiger partial charge in [-0.1, -0.05) is 43.8 Å². The molecule has 0 radical (unpaired) electrons. The minimum atomic E-state index is -3.07. The van der Waals surface area contributed by atoms with E-state index in [0.29, 0.717) is 5.17 Å². The zero-order valence-electron chi connectivity index (χ0n) is 13.5. The first-order chi connectivity index (χ1) is 11.3. The number of nitrogens with zero attached hydrogens (tertiary/aromatic N) is 2. The van der Waals surface area contributed by atoms with Crippen LogP contribution >= 0.6 is 23.4 Å². The van der Waals surface area contributed by atoms with Gasteiger partial charge in [-0.15, -0.1) is 11.6 Å². The molecule has 0 spiro atoms. The van der Waals surface area contributed by atoms with Gasteiger partial charge in [-0.2, -0.15) is 4.99 Å². The molecule has 0 aromatic heterocycles. The fraction of sp³-hybridized carbons (Fsp3) is 0.500. The summed E-state index contributed by atoms with van der Waals surface area (Å²) in [5.74, 6) is -0.110. The lowest BCUT2D eigenvalue weighted by atomic mass is 9.99. The van der Waals surface area contributed by atoms with Gasteiger partial charge >= 0.3 is 0 Å². The highest BCUT2D eigenvalue weighted by atomic mass is 35.5. The molecular formula is C16H19ClN2O3S2. The zero-order valence-corrected chi connectivity index (χ0v) is 15.9. The third kappa shape index (κ3) is 3.34. The summed E-state index contributed by atoms with van der Waals surface area (Å²) in [6, 6.07) is 7.68. The number of hydrogen-bond acceptors (Lipinski definition) is 4. The number of anilines is 1. The second kappa shape index (κ2) is 6.69. The molecule has 0 saturated carbocycles. The average Bonchev–Trinajstić information content (AvgIpc) is 2.97. The van der Waals surface area contributed by atoms with E-state index in [1.54, 1.807) is 0 Å². The summed E-state index contributed by atoms with van der Waals surface area (Å²) in [7, 11) is -3.07. The molecule has 2 atom stereocenters. The Morgan fingerprint density at radius 2 is 2.08 bits per heavy atom. The molecule has 2 fully saturated rings. The first-order valence-corrected chi connectivity index (χ1v) is 11.0. The summed E-state index contributed by atoms with van der Waals surface area (Å²) in [4.78, 5) is 17.8. The number of sulfone groups is 1. The monoisotopic (exact) mass is 386 g/mol. The third-order valence-corrected chi connectivity index (χ3v) is 7.66. The SMILES string of the molecule is CC(C)c1ccccc1N1C(=NC(=O)CCl)SC2CS(=O)(=O)CC21. The van der Waals surface area contributed by atoms with E-state index in [4.69, 9.17) is 11.6 Å². The standard InChI is InChI=1S/C16H19ClN2O3S2/c1-10(2)11-5-3-4-6-12(11)19-13-8-24(21,22)9-14(13)23-16(19)18-15(20)7-17/h3-6,10,13-14H,7-9H2,1-2H3. The van der Waals surface area contributed by atoms with Gasteiger partial charge in [-0.25, -0.2) is 8.42 Å². The second-order valence-electron chi connectivity index (χ2n) is 6.31. The number of amidine groups is 1. The van der Waals surface area contributed by atoms with Gasteiger partial charge in [0, 0.05) is 10.9 Å². The predicted molar refractivity (Wildman–Crippen MR) is 100.0 cm³/mol. The topological polar surface area (TPSA) is 66.8 Å². The highest BCUT2D eigenvalue weighted by Gasteiger charge is 2.49. The van der Waals surface area contributed by atoms with Gasteiger partial charge in [0.15, 0.2) is 15.0 Å². The van der Waals surface area contributed by atoms with Crippen molar-refractivity contribution in [3.05, 3.63) is 29.8 Å². The number of alkyl halides is 1. The normalized spacial score (nSPS) is 27.0. The molecule has 2 unspecified atom stereocenters. The van der Waals surface area contributed by atoms with Crippen molar-refractivity contribution in [2.24, 2.45) is 4.99 Å². The molecule has 0 bridgehead atoms. The van der Waals surface area contributed by atoms with Crippen molar-refractivity contribution in [2.75, 3.05) is 22.3 Å². The van der Waals surface area contributed by atoms with Crippen LogP contribution < -0.4 is 4.90 Å². The number of para-hydroxylation sites is 1. The average molecular weight is 387 g/mol. The van der Waals surface area contributed by atoms with Crippen LogP contribution in [0, 0.1) is 0 Å². The Morgan fingerprint density at radius 3 is 2.75 bits per heavy atom. The maximum atomic E-state index is 12.1. The molecule has 24 heavy (non-hydrogen) atoms. The number of halogens is 1. The number of benzene rings is 1. The molecule has 2 saturated heterocycles. The summed E-state index contributed by atoms with van der Waals surface area (Å²) in [5.41, 5.74) is 2.03. The van der Waals surface area contributed by atoms with Crippen LogP contribution in [0.25, 0.3) is 0 Å². The van der Waals surface area contributed by atoms with Gasteiger partial charge in [0.25, 0.3) is 5.91 Å². The molecule has 130 valence electrons. The lowest BCUT2D eigenvalue weighted by Crippen LogP contribution is -2.38. The van der Waals surface area contributed by atoms with Gasteiger partial charge in [0.1, 0.15) is 5.88 Å². The van der Waals surface area contributed by atoms with Crippen LogP contribution in [0.3, 0.4) is 0 Å². The molecule has 0 N–H and O–H groups in total. The van der Waals surface area contributed by atoms with Gasteiger partial charge < -0.3 is 4.90 Å². The van der Waals surface area contributed by atoms with Gasteiger partial charge in [-0.3, -0.25) is 4.79 Å². The minimum absolute atomic E-state index is 0.0885. The van der Waals surface area contributed by atoms with E-state index in [1.807, 2.05) is 29.2 Å². The van der Waals surface area contributed by atoms with Crippen LogP contribution in [0.4, 0.5) is 5.69 Å². The van der Waals surface area contributed by atoms with E-state index in [1.165, 1.54) is 11.8 Å². The maximum absolute atomic E-state index is 12.1. The minimum Gasteiger partial charge on any atom is -0.315 e. The highest BCUT2D eigenvalue weighted by molar-refractivity contribution is 8.16. The van der Waals surface area contributed by atoms with E-state index >= 15 is 0 Å². The molecule has 3 rings (SSSR count). The van der Waals surface area contributed by atoms with Crippen molar-refractivity contribution in [1.82, 2.24) is 0 Å². The number of rotatable bonds is 3. The van der Waals surface area contributed by atoms with Crippen molar-refractivity contribution >= 4 is 50.0 Å². The third-order valence-electron chi connectivity index (χ3n) is 4.22. The molecule has 1 aromatic rings. The van der Waals surface area contributed by atoms with Crippen LogP contribution in [0.15, 0.2) is 29.3 Å². The fourth-order valence-electron chi connectivity index (χ4n) is 3.18. The molecule has 2 aliphatic rings. The van der Waals surface area contributed by atoms with Crippen molar-refractivity contribution in [3.63, 3.8) is 0 Å². The first-order valence-electron chi connectivity index (χ1n) is 7.75. The second-order valence-corrected chi connectivity index (χ2v) is 9.93.